The Morgan fingerprint density at radius 2 is 2.50 bits per heavy atom. The van der Waals surface area contributed by atoms with Crippen LogP contribution in [0.3, 0.4) is 0 Å². The molecule has 0 atom stereocenters. The smallest absolute Gasteiger partial charge is 0.342 e. The molecule has 0 aromatic carbocycles. The molecule has 0 saturated carbocycles. The zero-order chi connectivity index (χ0) is 9.14. The number of hydrogen-bond acceptors (Lipinski definition) is 4. The van der Waals surface area contributed by atoms with Crippen LogP contribution in [0.5, 0.6) is 0 Å². The van der Waals surface area contributed by atoms with Gasteiger partial charge in [0.05, 0.1) is 18.2 Å². The number of nitrogens with one attached hydrogen (secondary N) is 1. The molecule has 0 spiro atoms. The van der Waals surface area contributed by atoms with Crippen molar-refractivity contribution in [3.63, 3.8) is 0 Å². The molecule has 12 heavy (non-hydrogen) atoms. The third-order valence-electron chi connectivity index (χ3n) is 1.24. The largest absolute Gasteiger partial charge is 0.358 e. The zero-order valence-corrected chi connectivity index (χ0v) is 6.40. The average molecular weight is 169 g/mol. The predicted molar refractivity (Wildman–Crippen MR) is 39.6 cm³/mol. The van der Waals surface area contributed by atoms with Crippen molar-refractivity contribution in [1.29, 1.82) is 0 Å². The molecular formula is C6H7N3O3. The van der Waals surface area contributed by atoms with E-state index in [2.05, 4.69) is 10.2 Å². The predicted octanol–water partition coefficient (Wildman–Crippen LogP) is 0.449. The second-order valence-corrected chi connectivity index (χ2v) is 2.38. The first kappa shape index (κ1) is 8.38. The fourth-order valence-corrected chi connectivity index (χ4v) is 0.791. The van der Waals surface area contributed by atoms with Gasteiger partial charge in [-0.2, -0.15) is 0 Å². The van der Waals surface area contributed by atoms with Crippen LogP contribution in [0.15, 0.2) is 6.07 Å². The van der Waals surface area contributed by atoms with E-state index in [0.29, 0.717) is 5.69 Å². The van der Waals surface area contributed by atoms with Gasteiger partial charge in [-0.05, 0) is 11.8 Å². The van der Waals surface area contributed by atoms with E-state index in [1.165, 1.54) is 13.0 Å². The second kappa shape index (κ2) is 3.12. The number of nitrogens with zero attached hydrogens (tertiary/aromatic N) is 2. The van der Waals surface area contributed by atoms with Crippen molar-refractivity contribution < 1.29 is 9.72 Å². The minimum atomic E-state index is -0.587. The lowest BCUT2D eigenvalue weighted by Crippen LogP contribution is -1.95. The number of carbonyl (C=O) groups excluding carboxylic acids is 1. The first-order valence-corrected chi connectivity index (χ1v) is 3.27. The van der Waals surface area contributed by atoms with Crippen LogP contribution in [0.4, 0.5) is 5.82 Å². The van der Waals surface area contributed by atoms with E-state index < -0.39 is 4.92 Å². The topological polar surface area (TPSA) is 88.9 Å². The summed E-state index contributed by atoms with van der Waals surface area (Å²) in [5.41, 5.74) is 0.397. The maximum Gasteiger partial charge on any atom is 0.342 e. The number of aromatic nitrogens is 2. The molecule has 1 aromatic heterocycles. The molecular weight excluding hydrogens is 162 g/mol. The highest BCUT2D eigenvalue weighted by Gasteiger charge is 2.10. The number of rotatable bonds is 3. The van der Waals surface area contributed by atoms with Crippen molar-refractivity contribution in [3.8, 4) is 0 Å². The molecule has 0 saturated heterocycles. The molecule has 6 nitrogen and oxygen atoms in total. The maximum absolute atomic E-state index is 10.6. The van der Waals surface area contributed by atoms with Gasteiger partial charge in [0.15, 0.2) is 0 Å². The van der Waals surface area contributed by atoms with E-state index >= 15 is 0 Å². The summed E-state index contributed by atoms with van der Waals surface area (Å²) in [6.45, 7) is 1.40. The van der Waals surface area contributed by atoms with Gasteiger partial charge in [0.25, 0.3) is 0 Å². The standard InChI is InChI=1S/C6H7N3O3/c1-4(10)2-5-3-6(8-7-5)9(11)12/h3H,2H2,1H3,(H,7,8). The second-order valence-electron chi connectivity index (χ2n) is 2.38. The van der Waals surface area contributed by atoms with Crippen molar-refractivity contribution in [1.82, 2.24) is 10.2 Å². The Bertz CT molecular complexity index is 318. The Morgan fingerprint density at radius 1 is 1.83 bits per heavy atom. The number of ketones is 1. The summed E-state index contributed by atoms with van der Waals surface area (Å²) >= 11 is 0. The summed E-state index contributed by atoms with van der Waals surface area (Å²) in [6, 6.07) is 1.25. The Labute approximate surface area is 67.7 Å². The van der Waals surface area contributed by atoms with Crippen LogP contribution in [-0.2, 0) is 11.2 Å². The quantitative estimate of drug-likeness (QED) is 0.525. The summed E-state index contributed by atoms with van der Waals surface area (Å²) < 4.78 is 0. The molecule has 1 aromatic rings. The fraction of sp³-hybridized carbons (Fsp3) is 0.333. The monoisotopic (exact) mass is 169 g/mol. The number of Topliss-reactive ketones (excluding diaryl/α,β-unsaturated/α-hetero) is 1. The Hall–Kier alpha value is -1.72. The van der Waals surface area contributed by atoms with Gasteiger partial charge in [-0.25, -0.2) is 0 Å². The summed E-state index contributed by atoms with van der Waals surface area (Å²) in [6.07, 6.45) is 0.129. The first-order valence-electron chi connectivity index (χ1n) is 3.27. The molecule has 0 aliphatic rings. The number of nitro groups is 1. The first-order chi connectivity index (χ1) is 5.59. The van der Waals surface area contributed by atoms with Crippen LogP contribution in [0.25, 0.3) is 0 Å². The number of aromatic amines is 1. The lowest BCUT2D eigenvalue weighted by atomic mass is 10.2. The van der Waals surface area contributed by atoms with E-state index in [4.69, 9.17) is 0 Å². The minimum Gasteiger partial charge on any atom is -0.358 e. The van der Waals surface area contributed by atoms with Crippen LogP contribution in [-0.4, -0.2) is 20.9 Å². The van der Waals surface area contributed by atoms with Crippen molar-refractivity contribution in [2.45, 2.75) is 13.3 Å². The summed E-state index contributed by atoms with van der Waals surface area (Å²) in [5, 5.41) is 15.9. The molecule has 64 valence electrons. The lowest BCUT2D eigenvalue weighted by Gasteiger charge is -1.85. The Kier molecular flexibility index (Phi) is 2.18. The molecule has 1 heterocycles. The average Bonchev–Trinajstić information content (AvgIpc) is 2.34. The Balaban J connectivity index is 2.77. The highest BCUT2D eigenvalue weighted by molar-refractivity contribution is 5.77. The van der Waals surface area contributed by atoms with Gasteiger partial charge in [0.2, 0.25) is 0 Å². The van der Waals surface area contributed by atoms with Crippen molar-refractivity contribution >= 4 is 11.6 Å². The molecule has 1 rings (SSSR count). The van der Waals surface area contributed by atoms with Crippen molar-refractivity contribution in [2.24, 2.45) is 0 Å². The molecule has 0 radical (unpaired) electrons. The van der Waals surface area contributed by atoms with Crippen LogP contribution < -0.4 is 0 Å². The summed E-state index contributed by atoms with van der Waals surface area (Å²) in [5.74, 6) is -0.261. The molecule has 0 aliphatic carbocycles. The van der Waals surface area contributed by atoms with Crippen LogP contribution in [0, 0.1) is 10.1 Å². The highest BCUT2D eigenvalue weighted by atomic mass is 16.6. The van der Waals surface area contributed by atoms with Gasteiger partial charge >= 0.3 is 5.82 Å². The fourth-order valence-electron chi connectivity index (χ4n) is 0.791. The van der Waals surface area contributed by atoms with Crippen molar-refractivity contribution in [3.05, 3.63) is 21.9 Å². The number of hydrogen-bond donors (Lipinski definition) is 1. The van der Waals surface area contributed by atoms with Crippen LogP contribution >= 0.6 is 0 Å². The third-order valence-corrected chi connectivity index (χ3v) is 1.24. The van der Waals surface area contributed by atoms with Crippen LogP contribution in [0.1, 0.15) is 12.6 Å². The lowest BCUT2D eigenvalue weighted by molar-refractivity contribution is -0.389. The molecule has 0 amide bonds. The molecule has 0 unspecified atom stereocenters. The van der Waals surface area contributed by atoms with E-state index in [1.54, 1.807) is 0 Å². The highest BCUT2D eigenvalue weighted by Crippen LogP contribution is 2.08. The molecule has 0 bridgehead atoms. The van der Waals surface area contributed by atoms with Gasteiger partial charge in [0.1, 0.15) is 5.78 Å². The van der Waals surface area contributed by atoms with E-state index in [0.717, 1.165) is 0 Å². The normalized spacial score (nSPS) is 9.75. The van der Waals surface area contributed by atoms with Gasteiger partial charge in [0, 0.05) is 0 Å². The number of H-pyrrole nitrogens is 1. The third kappa shape index (κ3) is 1.88. The molecule has 0 aliphatic heterocycles. The van der Waals surface area contributed by atoms with E-state index in [-0.39, 0.29) is 18.0 Å². The maximum atomic E-state index is 10.6. The van der Waals surface area contributed by atoms with Crippen molar-refractivity contribution in [2.75, 3.05) is 0 Å². The molecule has 0 fully saturated rings. The summed E-state index contributed by atoms with van der Waals surface area (Å²) in [4.78, 5) is 20.1. The molecule has 1 N–H and O–H groups in total. The van der Waals surface area contributed by atoms with Gasteiger partial charge < -0.3 is 10.1 Å². The zero-order valence-electron chi connectivity index (χ0n) is 6.40. The minimum absolute atomic E-state index is 0.0728. The van der Waals surface area contributed by atoms with Gasteiger partial charge in [-0.1, -0.05) is 5.10 Å². The van der Waals surface area contributed by atoms with Crippen LogP contribution in [0.2, 0.25) is 0 Å². The van der Waals surface area contributed by atoms with Gasteiger partial charge in [-0.15, -0.1) is 5.10 Å². The summed E-state index contributed by atoms with van der Waals surface area (Å²) in [7, 11) is 0. The SMILES string of the molecule is CC(=O)Cc1cc([N+](=O)[O-])[nH]n1. The van der Waals surface area contributed by atoms with E-state index in [9.17, 15) is 14.9 Å². The van der Waals surface area contributed by atoms with E-state index in [1.807, 2.05) is 0 Å². The van der Waals surface area contributed by atoms with Gasteiger partial charge in [-0.3, -0.25) is 4.79 Å². The number of carbonyl (C=O) groups is 1. The molecule has 6 heteroatoms. The Morgan fingerprint density at radius 3 is 2.92 bits per heavy atom.